The van der Waals surface area contributed by atoms with Gasteiger partial charge in [-0.3, -0.25) is 4.79 Å². The molecule has 0 saturated heterocycles. The van der Waals surface area contributed by atoms with Gasteiger partial charge in [-0.25, -0.2) is 0 Å². The Morgan fingerprint density at radius 3 is 2.54 bits per heavy atom. The normalized spacial score (nSPS) is 10.8. The fraction of sp³-hybridized carbons (Fsp3) is 0.250. The highest BCUT2D eigenvalue weighted by atomic mass is 16.3. The van der Waals surface area contributed by atoms with E-state index in [1.54, 1.807) is 0 Å². The fourth-order valence-corrected chi connectivity index (χ4v) is 2.80. The minimum atomic E-state index is -0.147. The van der Waals surface area contributed by atoms with Crippen LogP contribution in [0.5, 0.6) is 0 Å². The second kappa shape index (κ2) is 7.21. The topological polar surface area (TPSA) is 45.5 Å². The number of hydrogen-bond donors (Lipinski definition) is 1. The van der Waals surface area contributed by atoms with Crippen LogP contribution in [0.25, 0.3) is 11.0 Å². The van der Waals surface area contributed by atoms with Gasteiger partial charge in [-0.15, -0.1) is 0 Å². The maximum absolute atomic E-state index is 12.3. The molecule has 0 fully saturated rings. The van der Waals surface area contributed by atoms with Crippen LogP contribution in [0.2, 0.25) is 0 Å². The van der Waals surface area contributed by atoms with Gasteiger partial charge >= 0.3 is 0 Å². The Balaban J connectivity index is 1.53. The first-order valence-electron chi connectivity index (χ1n) is 8.19. The van der Waals surface area contributed by atoms with Gasteiger partial charge in [0.05, 0.1) is 0 Å². The first-order valence-corrected chi connectivity index (χ1v) is 8.19. The minimum Gasteiger partial charge on any atom is -0.451 e. The third-order valence-electron chi connectivity index (χ3n) is 4.20. The van der Waals surface area contributed by atoms with Gasteiger partial charge in [0.1, 0.15) is 5.58 Å². The van der Waals surface area contributed by atoms with E-state index in [0.717, 1.165) is 29.5 Å². The molecule has 24 heavy (non-hydrogen) atoms. The number of hydrogen-bond acceptors (Lipinski definition) is 3. The number of nitrogens with one attached hydrogen (secondary N) is 1. The molecule has 0 saturated carbocycles. The Kier molecular flexibility index (Phi) is 4.85. The van der Waals surface area contributed by atoms with E-state index in [-0.39, 0.29) is 5.91 Å². The first-order chi connectivity index (χ1) is 11.7. The molecule has 1 heterocycles. The van der Waals surface area contributed by atoms with Gasteiger partial charge in [0.2, 0.25) is 0 Å². The van der Waals surface area contributed by atoms with Crippen LogP contribution in [-0.4, -0.2) is 26.0 Å². The summed E-state index contributed by atoms with van der Waals surface area (Å²) in [5.41, 5.74) is 2.82. The average Bonchev–Trinajstić information content (AvgIpc) is 2.96. The van der Waals surface area contributed by atoms with Crippen molar-refractivity contribution in [3.63, 3.8) is 0 Å². The minimum absolute atomic E-state index is 0.147. The molecule has 1 N–H and O–H groups in total. The molecular formula is C20H22N2O2. The predicted molar refractivity (Wildman–Crippen MR) is 97.6 cm³/mol. The lowest BCUT2D eigenvalue weighted by molar-refractivity contribution is 0.0927. The summed E-state index contributed by atoms with van der Waals surface area (Å²) in [5, 5.41) is 3.94. The van der Waals surface area contributed by atoms with Gasteiger partial charge in [0, 0.05) is 36.8 Å². The Hall–Kier alpha value is -2.75. The molecule has 1 amide bonds. The van der Waals surface area contributed by atoms with Crippen molar-refractivity contribution in [2.24, 2.45) is 0 Å². The number of furan rings is 1. The van der Waals surface area contributed by atoms with Gasteiger partial charge in [0.15, 0.2) is 5.76 Å². The molecule has 0 bridgehead atoms. The average molecular weight is 322 g/mol. The van der Waals surface area contributed by atoms with Gasteiger partial charge < -0.3 is 14.6 Å². The number of carbonyl (C=O) groups excluding carboxylic acids is 1. The van der Waals surface area contributed by atoms with Crippen LogP contribution in [0.1, 0.15) is 22.5 Å². The number of carbonyl (C=O) groups is 1. The zero-order chi connectivity index (χ0) is 16.9. The molecule has 2 aromatic carbocycles. The number of benzene rings is 2. The monoisotopic (exact) mass is 322 g/mol. The lowest BCUT2D eigenvalue weighted by Crippen LogP contribution is -2.28. The number of aryl methyl sites for hydroxylation is 1. The van der Waals surface area contributed by atoms with E-state index in [1.165, 1.54) is 5.69 Å². The van der Waals surface area contributed by atoms with Crippen LogP contribution in [0.3, 0.4) is 0 Å². The maximum Gasteiger partial charge on any atom is 0.287 e. The van der Waals surface area contributed by atoms with Gasteiger partial charge in [-0.2, -0.15) is 0 Å². The van der Waals surface area contributed by atoms with E-state index in [0.29, 0.717) is 12.3 Å². The van der Waals surface area contributed by atoms with Gasteiger partial charge in [0.25, 0.3) is 5.91 Å². The van der Waals surface area contributed by atoms with Crippen molar-refractivity contribution < 1.29 is 9.21 Å². The standard InChI is InChI=1S/C20H22N2O2/c1-15-17-11-6-7-12-18(17)24-19(15)20(23)21-13-8-14-22(2)16-9-4-3-5-10-16/h3-7,9-12H,8,13-14H2,1-2H3,(H,21,23). The van der Waals surface area contributed by atoms with Crippen molar-refractivity contribution in [1.82, 2.24) is 5.32 Å². The molecule has 0 atom stereocenters. The van der Waals surface area contributed by atoms with Crippen LogP contribution < -0.4 is 10.2 Å². The SMILES string of the molecule is Cc1c(C(=O)NCCCN(C)c2ccccc2)oc2ccccc12. The molecular weight excluding hydrogens is 300 g/mol. The smallest absolute Gasteiger partial charge is 0.287 e. The fourth-order valence-electron chi connectivity index (χ4n) is 2.80. The highest BCUT2D eigenvalue weighted by Crippen LogP contribution is 2.24. The maximum atomic E-state index is 12.3. The summed E-state index contributed by atoms with van der Waals surface area (Å²) in [5.74, 6) is 0.263. The lowest BCUT2D eigenvalue weighted by Gasteiger charge is -2.19. The predicted octanol–water partition coefficient (Wildman–Crippen LogP) is 4.00. The second-order valence-corrected chi connectivity index (χ2v) is 5.92. The van der Waals surface area contributed by atoms with E-state index in [2.05, 4.69) is 29.4 Å². The molecule has 0 aliphatic rings. The van der Waals surface area contributed by atoms with E-state index < -0.39 is 0 Å². The summed E-state index contributed by atoms with van der Waals surface area (Å²) >= 11 is 0. The molecule has 4 heteroatoms. The molecule has 0 spiro atoms. The van der Waals surface area contributed by atoms with Crippen LogP contribution in [0.4, 0.5) is 5.69 Å². The quantitative estimate of drug-likeness (QED) is 0.698. The van der Waals surface area contributed by atoms with Crippen molar-refractivity contribution in [1.29, 1.82) is 0 Å². The highest BCUT2D eigenvalue weighted by molar-refractivity contribution is 5.98. The van der Waals surface area contributed by atoms with Crippen LogP contribution >= 0.6 is 0 Å². The van der Waals surface area contributed by atoms with Crippen LogP contribution in [0, 0.1) is 6.92 Å². The summed E-state index contributed by atoms with van der Waals surface area (Å²) in [6.07, 6.45) is 0.871. The number of nitrogens with zero attached hydrogens (tertiary/aromatic N) is 1. The number of fused-ring (bicyclic) bond motifs is 1. The van der Waals surface area contributed by atoms with Crippen LogP contribution in [-0.2, 0) is 0 Å². The van der Waals surface area contributed by atoms with Gasteiger partial charge in [-0.1, -0.05) is 36.4 Å². The number of anilines is 1. The third-order valence-corrected chi connectivity index (χ3v) is 4.20. The molecule has 0 unspecified atom stereocenters. The molecule has 0 radical (unpaired) electrons. The number of amides is 1. The Morgan fingerprint density at radius 2 is 1.79 bits per heavy atom. The third kappa shape index (κ3) is 3.43. The molecule has 0 aliphatic carbocycles. The molecule has 124 valence electrons. The Labute approximate surface area is 142 Å². The van der Waals surface area contributed by atoms with Crippen molar-refractivity contribution in [3.8, 4) is 0 Å². The van der Waals surface area contributed by atoms with Crippen molar-refractivity contribution in [3.05, 3.63) is 65.9 Å². The summed E-state index contributed by atoms with van der Waals surface area (Å²) in [6.45, 7) is 3.42. The molecule has 3 aromatic rings. The van der Waals surface area contributed by atoms with E-state index in [4.69, 9.17) is 4.42 Å². The summed E-state index contributed by atoms with van der Waals surface area (Å²) in [7, 11) is 2.06. The Morgan fingerprint density at radius 1 is 1.08 bits per heavy atom. The van der Waals surface area contributed by atoms with E-state index >= 15 is 0 Å². The molecule has 3 rings (SSSR count). The highest BCUT2D eigenvalue weighted by Gasteiger charge is 2.16. The second-order valence-electron chi connectivity index (χ2n) is 5.92. The van der Waals surface area contributed by atoms with E-state index in [9.17, 15) is 4.79 Å². The lowest BCUT2D eigenvalue weighted by atomic mass is 10.1. The first kappa shape index (κ1) is 16.1. The summed E-state index contributed by atoms with van der Waals surface area (Å²) in [4.78, 5) is 14.5. The molecule has 1 aromatic heterocycles. The molecule has 4 nitrogen and oxygen atoms in total. The van der Waals surface area contributed by atoms with Crippen molar-refractivity contribution in [2.75, 3.05) is 25.0 Å². The zero-order valence-corrected chi connectivity index (χ0v) is 14.1. The zero-order valence-electron chi connectivity index (χ0n) is 14.1. The largest absolute Gasteiger partial charge is 0.451 e. The van der Waals surface area contributed by atoms with Crippen LogP contribution in [0.15, 0.2) is 59.0 Å². The van der Waals surface area contributed by atoms with Gasteiger partial charge in [-0.05, 0) is 31.5 Å². The Bertz CT molecular complexity index is 824. The van der Waals surface area contributed by atoms with E-state index in [1.807, 2.05) is 49.4 Å². The summed E-state index contributed by atoms with van der Waals surface area (Å²) in [6, 6.07) is 17.9. The molecule has 0 aliphatic heterocycles. The number of para-hydroxylation sites is 2. The number of rotatable bonds is 6. The van der Waals surface area contributed by atoms with Crippen molar-refractivity contribution in [2.45, 2.75) is 13.3 Å². The summed E-state index contributed by atoms with van der Waals surface area (Å²) < 4.78 is 5.69. The van der Waals surface area contributed by atoms with Crippen molar-refractivity contribution >= 4 is 22.6 Å².